The normalized spacial score (nSPS) is 24.0. The summed E-state index contributed by atoms with van der Waals surface area (Å²) in [5.41, 5.74) is 8.54. The first-order valence-electron chi connectivity index (χ1n) is 8.34. The SMILES string of the molecule is N[C@@H]1CC(COCc2ccccc2)[C@H](OCc2ccccc2)C1. The Hall–Kier alpha value is -1.68. The molecule has 0 radical (unpaired) electrons. The molecule has 122 valence electrons. The Morgan fingerprint density at radius 3 is 2.09 bits per heavy atom. The fraction of sp³-hybridized carbons (Fsp3) is 0.400. The molecule has 3 rings (SSSR count). The predicted octanol–water partition coefficient (Wildman–Crippen LogP) is 3.53. The van der Waals surface area contributed by atoms with Crippen molar-refractivity contribution < 1.29 is 9.47 Å². The maximum atomic E-state index is 6.13. The van der Waals surface area contributed by atoms with Gasteiger partial charge in [-0.25, -0.2) is 0 Å². The van der Waals surface area contributed by atoms with E-state index in [-0.39, 0.29) is 12.1 Å². The molecule has 1 aliphatic carbocycles. The van der Waals surface area contributed by atoms with E-state index in [1.165, 1.54) is 11.1 Å². The first kappa shape index (κ1) is 16.2. The van der Waals surface area contributed by atoms with Crippen LogP contribution in [0.1, 0.15) is 24.0 Å². The highest BCUT2D eigenvalue weighted by atomic mass is 16.5. The van der Waals surface area contributed by atoms with E-state index in [1.807, 2.05) is 36.4 Å². The fourth-order valence-electron chi connectivity index (χ4n) is 3.19. The molecule has 0 aliphatic heterocycles. The molecule has 23 heavy (non-hydrogen) atoms. The molecule has 0 heterocycles. The lowest BCUT2D eigenvalue weighted by molar-refractivity contribution is -0.0188. The standard InChI is InChI=1S/C20H25NO2/c21-19-11-18(15-22-13-16-7-3-1-4-8-16)20(12-19)23-14-17-9-5-2-6-10-17/h1-10,18-20H,11-15,21H2/t18?,19-,20-/m1/s1. The smallest absolute Gasteiger partial charge is 0.0720 e. The third kappa shape index (κ3) is 4.90. The number of ether oxygens (including phenoxy) is 2. The Bertz CT molecular complexity index is 573. The van der Waals surface area contributed by atoms with Gasteiger partial charge in [0, 0.05) is 12.0 Å². The summed E-state index contributed by atoms with van der Waals surface area (Å²) in [6.07, 6.45) is 2.10. The van der Waals surface area contributed by atoms with E-state index in [4.69, 9.17) is 15.2 Å². The van der Waals surface area contributed by atoms with Gasteiger partial charge in [0.25, 0.3) is 0 Å². The van der Waals surface area contributed by atoms with Crippen molar-refractivity contribution in [3.63, 3.8) is 0 Å². The molecule has 3 atom stereocenters. The van der Waals surface area contributed by atoms with Gasteiger partial charge in [-0.3, -0.25) is 0 Å². The Kier molecular flexibility index (Phi) is 5.81. The second-order valence-electron chi connectivity index (χ2n) is 6.33. The largest absolute Gasteiger partial charge is 0.376 e. The van der Waals surface area contributed by atoms with Gasteiger partial charge in [0.15, 0.2) is 0 Å². The third-order valence-corrected chi connectivity index (χ3v) is 4.42. The van der Waals surface area contributed by atoms with Gasteiger partial charge in [-0.15, -0.1) is 0 Å². The second kappa shape index (κ2) is 8.25. The first-order chi connectivity index (χ1) is 11.3. The molecule has 3 heteroatoms. The fourth-order valence-corrected chi connectivity index (χ4v) is 3.19. The molecule has 1 saturated carbocycles. The van der Waals surface area contributed by atoms with Gasteiger partial charge in [-0.2, -0.15) is 0 Å². The Balaban J connectivity index is 1.47. The van der Waals surface area contributed by atoms with E-state index < -0.39 is 0 Å². The number of benzene rings is 2. The average molecular weight is 311 g/mol. The minimum Gasteiger partial charge on any atom is -0.376 e. The Morgan fingerprint density at radius 2 is 1.43 bits per heavy atom. The van der Waals surface area contributed by atoms with Crippen molar-refractivity contribution in [2.75, 3.05) is 6.61 Å². The van der Waals surface area contributed by atoms with Crippen LogP contribution in [0.3, 0.4) is 0 Å². The molecule has 0 aromatic heterocycles. The van der Waals surface area contributed by atoms with Crippen LogP contribution in [0.5, 0.6) is 0 Å². The van der Waals surface area contributed by atoms with Gasteiger partial charge in [0.1, 0.15) is 0 Å². The molecular weight excluding hydrogens is 286 g/mol. The highest BCUT2D eigenvalue weighted by molar-refractivity contribution is 5.14. The van der Waals surface area contributed by atoms with E-state index in [1.54, 1.807) is 0 Å². The maximum absolute atomic E-state index is 6.13. The zero-order chi connectivity index (χ0) is 15.9. The van der Waals surface area contributed by atoms with Crippen LogP contribution < -0.4 is 5.73 Å². The number of hydrogen-bond donors (Lipinski definition) is 1. The van der Waals surface area contributed by atoms with Crippen molar-refractivity contribution in [1.29, 1.82) is 0 Å². The van der Waals surface area contributed by atoms with Gasteiger partial charge >= 0.3 is 0 Å². The lowest BCUT2D eigenvalue weighted by Gasteiger charge is -2.20. The summed E-state index contributed by atoms with van der Waals surface area (Å²) in [7, 11) is 0. The number of rotatable bonds is 7. The molecular formula is C20H25NO2. The van der Waals surface area contributed by atoms with Gasteiger partial charge in [-0.05, 0) is 24.0 Å². The molecule has 3 nitrogen and oxygen atoms in total. The first-order valence-corrected chi connectivity index (χ1v) is 8.34. The van der Waals surface area contributed by atoms with Crippen LogP contribution in [0.15, 0.2) is 60.7 Å². The van der Waals surface area contributed by atoms with E-state index in [9.17, 15) is 0 Å². The molecule has 1 aliphatic rings. The van der Waals surface area contributed by atoms with Crippen LogP contribution in [0, 0.1) is 5.92 Å². The molecule has 2 aromatic carbocycles. The van der Waals surface area contributed by atoms with Crippen LogP contribution in [0.25, 0.3) is 0 Å². The summed E-state index contributed by atoms with van der Waals surface area (Å²) in [5, 5.41) is 0. The Labute approximate surface area is 138 Å². The van der Waals surface area contributed by atoms with E-state index in [0.29, 0.717) is 25.7 Å². The van der Waals surface area contributed by atoms with E-state index in [2.05, 4.69) is 24.3 Å². The van der Waals surface area contributed by atoms with Crippen molar-refractivity contribution in [2.45, 2.75) is 38.2 Å². The van der Waals surface area contributed by atoms with E-state index in [0.717, 1.165) is 12.8 Å². The molecule has 2 aromatic rings. The summed E-state index contributed by atoms with van der Waals surface area (Å²) in [5.74, 6) is 0.387. The quantitative estimate of drug-likeness (QED) is 0.851. The molecule has 2 N–H and O–H groups in total. The van der Waals surface area contributed by atoms with Crippen LogP contribution in [-0.4, -0.2) is 18.8 Å². The highest BCUT2D eigenvalue weighted by Crippen LogP contribution is 2.29. The summed E-state index contributed by atoms with van der Waals surface area (Å²) >= 11 is 0. The van der Waals surface area contributed by atoms with Gasteiger partial charge in [0.2, 0.25) is 0 Å². The predicted molar refractivity (Wildman–Crippen MR) is 91.8 cm³/mol. The Morgan fingerprint density at radius 1 is 0.826 bits per heavy atom. The molecule has 0 amide bonds. The van der Waals surface area contributed by atoms with Gasteiger partial charge in [-0.1, -0.05) is 60.7 Å². The summed E-state index contributed by atoms with van der Waals surface area (Å²) in [6.45, 7) is 2.01. The summed E-state index contributed by atoms with van der Waals surface area (Å²) in [4.78, 5) is 0. The van der Waals surface area contributed by atoms with Crippen molar-refractivity contribution in [1.82, 2.24) is 0 Å². The molecule has 1 unspecified atom stereocenters. The topological polar surface area (TPSA) is 44.5 Å². The van der Waals surface area contributed by atoms with Crippen LogP contribution in [-0.2, 0) is 22.7 Å². The number of hydrogen-bond acceptors (Lipinski definition) is 3. The minimum atomic E-state index is 0.195. The van der Waals surface area contributed by atoms with Crippen molar-refractivity contribution >= 4 is 0 Å². The zero-order valence-electron chi connectivity index (χ0n) is 13.4. The second-order valence-corrected chi connectivity index (χ2v) is 6.33. The van der Waals surface area contributed by atoms with Crippen LogP contribution >= 0.6 is 0 Å². The molecule has 1 fully saturated rings. The lowest BCUT2D eigenvalue weighted by Crippen LogP contribution is -2.22. The van der Waals surface area contributed by atoms with Gasteiger partial charge in [0.05, 0.1) is 25.9 Å². The van der Waals surface area contributed by atoms with Gasteiger partial charge < -0.3 is 15.2 Å². The van der Waals surface area contributed by atoms with Crippen LogP contribution in [0.2, 0.25) is 0 Å². The van der Waals surface area contributed by atoms with Crippen molar-refractivity contribution in [3.8, 4) is 0 Å². The zero-order valence-corrected chi connectivity index (χ0v) is 13.4. The summed E-state index contributed by atoms with van der Waals surface area (Å²) < 4.78 is 12.0. The lowest BCUT2D eigenvalue weighted by atomic mass is 10.1. The number of nitrogens with two attached hydrogens (primary N) is 1. The monoisotopic (exact) mass is 311 g/mol. The average Bonchev–Trinajstić information content (AvgIpc) is 2.95. The molecule has 0 bridgehead atoms. The molecule has 0 saturated heterocycles. The third-order valence-electron chi connectivity index (χ3n) is 4.42. The van der Waals surface area contributed by atoms with Crippen LogP contribution in [0.4, 0.5) is 0 Å². The van der Waals surface area contributed by atoms with E-state index >= 15 is 0 Å². The molecule has 0 spiro atoms. The minimum absolute atomic E-state index is 0.195. The summed E-state index contributed by atoms with van der Waals surface area (Å²) in [6, 6.07) is 20.8. The van der Waals surface area contributed by atoms with Crippen molar-refractivity contribution in [2.24, 2.45) is 11.7 Å². The maximum Gasteiger partial charge on any atom is 0.0720 e. The van der Waals surface area contributed by atoms with Crippen molar-refractivity contribution in [3.05, 3.63) is 71.8 Å². The highest BCUT2D eigenvalue weighted by Gasteiger charge is 2.33.